The molecule has 1 aromatic heterocycles. The van der Waals surface area contributed by atoms with E-state index in [0.717, 1.165) is 12.2 Å². The van der Waals surface area contributed by atoms with Crippen molar-refractivity contribution in [3.05, 3.63) is 59.4 Å². The molecule has 1 aromatic carbocycles. The number of fused-ring (bicyclic) bond motifs is 1. The predicted molar refractivity (Wildman–Crippen MR) is 114 cm³/mol. The number of hydrogen-bond donors (Lipinski definition) is 0. The molecule has 0 aliphatic carbocycles. The Hall–Kier alpha value is -2.01. The van der Waals surface area contributed by atoms with Crippen LogP contribution in [0.2, 0.25) is 0 Å². The third-order valence-electron chi connectivity index (χ3n) is 5.89. The van der Waals surface area contributed by atoms with Crippen LogP contribution in [0.3, 0.4) is 0 Å². The van der Waals surface area contributed by atoms with Crippen molar-refractivity contribution >= 4 is 22.6 Å². The van der Waals surface area contributed by atoms with Gasteiger partial charge in [0, 0.05) is 36.8 Å². The van der Waals surface area contributed by atoms with Crippen LogP contribution in [0.5, 0.6) is 0 Å². The standard InChI is InChI=1S/C22H26N4S/c1-15-13-17(8-9-19(15)25-11-5-6-12-25)21-20(18-7-3-4-10-23-18)24-22-26(21)14-16(2)27-22/h3-4,7-10,13,16,20-21H,5-6,11-12,14H2,1-2H3/t16-,20+,21+/m0/s1. The number of rotatable bonds is 3. The van der Waals surface area contributed by atoms with Gasteiger partial charge in [-0.15, -0.1) is 0 Å². The molecule has 5 heteroatoms. The smallest absolute Gasteiger partial charge is 0.160 e. The maximum atomic E-state index is 5.09. The molecular weight excluding hydrogens is 352 g/mol. The lowest BCUT2D eigenvalue weighted by Crippen LogP contribution is -2.28. The average molecular weight is 379 g/mol. The van der Waals surface area contributed by atoms with Crippen LogP contribution in [0.25, 0.3) is 0 Å². The molecule has 0 spiro atoms. The first kappa shape index (κ1) is 17.1. The zero-order valence-electron chi connectivity index (χ0n) is 16.0. The van der Waals surface area contributed by atoms with Gasteiger partial charge in [0.05, 0.1) is 11.7 Å². The highest BCUT2D eigenvalue weighted by atomic mass is 32.2. The molecule has 3 atom stereocenters. The second kappa shape index (κ2) is 6.86. The molecular formula is C22H26N4S. The van der Waals surface area contributed by atoms with Crippen molar-refractivity contribution in [3.8, 4) is 0 Å². The van der Waals surface area contributed by atoms with E-state index in [1.54, 1.807) is 0 Å². The van der Waals surface area contributed by atoms with E-state index in [2.05, 4.69) is 59.0 Å². The fraction of sp³-hybridized carbons (Fsp3) is 0.455. The van der Waals surface area contributed by atoms with Gasteiger partial charge in [0.25, 0.3) is 0 Å². The number of thioether (sulfide) groups is 1. The summed E-state index contributed by atoms with van der Waals surface area (Å²) in [6, 6.07) is 13.5. The highest BCUT2D eigenvalue weighted by Crippen LogP contribution is 2.48. The van der Waals surface area contributed by atoms with Gasteiger partial charge in [-0.2, -0.15) is 0 Å². The molecule has 2 aromatic rings. The van der Waals surface area contributed by atoms with Crippen LogP contribution in [0, 0.1) is 6.92 Å². The summed E-state index contributed by atoms with van der Waals surface area (Å²) < 4.78 is 0. The Morgan fingerprint density at radius 2 is 1.96 bits per heavy atom. The number of aromatic nitrogens is 1. The number of pyridine rings is 1. The molecule has 3 aliphatic rings. The Morgan fingerprint density at radius 3 is 2.70 bits per heavy atom. The molecule has 0 radical (unpaired) electrons. The van der Waals surface area contributed by atoms with Crippen molar-refractivity contribution in [2.24, 2.45) is 4.99 Å². The molecule has 0 bridgehead atoms. The SMILES string of the molecule is Cc1cc([C@@H]2[C@@H](c3ccccn3)N=C3S[C@@H](C)CN32)ccc1N1CCCC1. The molecule has 3 aliphatic heterocycles. The van der Waals surface area contributed by atoms with E-state index in [1.165, 1.54) is 47.9 Å². The fourth-order valence-electron chi connectivity index (χ4n) is 4.65. The third-order valence-corrected chi connectivity index (χ3v) is 6.99. The Balaban J connectivity index is 1.52. The monoisotopic (exact) mass is 378 g/mol. The lowest BCUT2D eigenvalue weighted by atomic mass is 9.94. The summed E-state index contributed by atoms with van der Waals surface area (Å²) in [5.41, 5.74) is 5.20. The number of nitrogens with zero attached hydrogens (tertiary/aromatic N) is 4. The van der Waals surface area contributed by atoms with Crippen LogP contribution in [0.15, 0.2) is 47.6 Å². The summed E-state index contributed by atoms with van der Waals surface area (Å²) >= 11 is 1.90. The van der Waals surface area contributed by atoms with E-state index >= 15 is 0 Å². The molecule has 0 amide bonds. The summed E-state index contributed by atoms with van der Waals surface area (Å²) in [5, 5.41) is 1.78. The second-order valence-corrected chi connectivity index (χ2v) is 9.28. The van der Waals surface area contributed by atoms with Crippen molar-refractivity contribution in [1.82, 2.24) is 9.88 Å². The van der Waals surface area contributed by atoms with Crippen LogP contribution in [-0.4, -0.2) is 39.9 Å². The maximum absolute atomic E-state index is 5.09. The van der Waals surface area contributed by atoms with Gasteiger partial charge >= 0.3 is 0 Å². The molecule has 2 saturated heterocycles. The number of aliphatic imine (C=N–C) groups is 1. The van der Waals surface area contributed by atoms with Gasteiger partial charge in [0.15, 0.2) is 5.17 Å². The lowest BCUT2D eigenvalue weighted by molar-refractivity contribution is 0.321. The molecule has 5 rings (SSSR count). The van der Waals surface area contributed by atoms with Crippen LogP contribution in [0.4, 0.5) is 5.69 Å². The zero-order valence-corrected chi connectivity index (χ0v) is 16.8. The highest BCUT2D eigenvalue weighted by Gasteiger charge is 2.43. The molecule has 4 heterocycles. The number of aryl methyl sites for hydroxylation is 1. The summed E-state index contributed by atoms with van der Waals surface area (Å²) in [6.07, 6.45) is 4.50. The molecule has 0 unspecified atom stereocenters. The van der Waals surface area contributed by atoms with Crippen LogP contribution in [-0.2, 0) is 0 Å². The molecule has 4 nitrogen and oxygen atoms in total. The first-order chi connectivity index (χ1) is 13.2. The largest absolute Gasteiger partial charge is 0.371 e. The third kappa shape index (κ3) is 3.02. The van der Waals surface area contributed by atoms with E-state index < -0.39 is 0 Å². The minimum atomic E-state index is 0.0817. The number of amidine groups is 1. The quantitative estimate of drug-likeness (QED) is 0.782. The van der Waals surface area contributed by atoms with Crippen LogP contribution < -0.4 is 4.90 Å². The first-order valence-corrected chi connectivity index (χ1v) is 10.9. The van der Waals surface area contributed by atoms with Crippen molar-refractivity contribution in [2.45, 2.75) is 44.0 Å². The Labute approximate surface area is 165 Å². The number of benzene rings is 1. The van der Waals surface area contributed by atoms with Crippen LogP contribution >= 0.6 is 11.8 Å². The normalized spacial score (nSPS) is 27.2. The van der Waals surface area contributed by atoms with E-state index in [1.807, 2.05) is 24.0 Å². The zero-order chi connectivity index (χ0) is 18.4. The Morgan fingerprint density at radius 1 is 1.11 bits per heavy atom. The summed E-state index contributed by atoms with van der Waals surface area (Å²) in [4.78, 5) is 14.8. The van der Waals surface area contributed by atoms with Crippen LogP contribution in [0.1, 0.15) is 48.7 Å². The average Bonchev–Trinajstić information content (AvgIpc) is 3.38. The topological polar surface area (TPSA) is 31.7 Å². The van der Waals surface area contributed by atoms with E-state index in [-0.39, 0.29) is 12.1 Å². The van der Waals surface area contributed by atoms with Gasteiger partial charge in [-0.3, -0.25) is 9.98 Å². The highest BCUT2D eigenvalue weighted by molar-refractivity contribution is 8.14. The van der Waals surface area contributed by atoms with Crippen molar-refractivity contribution in [1.29, 1.82) is 0 Å². The van der Waals surface area contributed by atoms with Gasteiger partial charge in [0.2, 0.25) is 0 Å². The van der Waals surface area contributed by atoms with Crippen molar-refractivity contribution in [2.75, 3.05) is 24.5 Å². The molecule has 2 fully saturated rings. The Bertz CT molecular complexity index is 860. The van der Waals surface area contributed by atoms with Gasteiger partial charge in [-0.25, -0.2) is 0 Å². The predicted octanol–water partition coefficient (Wildman–Crippen LogP) is 4.58. The van der Waals surface area contributed by atoms with Crippen molar-refractivity contribution < 1.29 is 0 Å². The first-order valence-electron chi connectivity index (χ1n) is 9.98. The number of anilines is 1. The van der Waals surface area contributed by atoms with E-state index in [9.17, 15) is 0 Å². The van der Waals surface area contributed by atoms with Gasteiger partial charge in [-0.1, -0.05) is 36.9 Å². The van der Waals surface area contributed by atoms with Crippen molar-refractivity contribution in [3.63, 3.8) is 0 Å². The van der Waals surface area contributed by atoms with Gasteiger partial charge < -0.3 is 9.80 Å². The summed E-state index contributed by atoms with van der Waals surface area (Å²) in [7, 11) is 0. The lowest BCUT2D eigenvalue weighted by Gasteiger charge is -2.29. The second-order valence-electron chi connectivity index (χ2n) is 7.88. The molecule has 0 saturated carbocycles. The summed E-state index contributed by atoms with van der Waals surface area (Å²) in [6.45, 7) is 7.98. The summed E-state index contributed by atoms with van der Waals surface area (Å²) in [5.74, 6) is 0. The van der Waals surface area contributed by atoms with Gasteiger partial charge in [0.1, 0.15) is 6.04 Å². The van der Waals surface area contributed by atoms with E-state index in [4.69, 9.17) is 4.99 Å². The maximum Gasteiger partial charge on any atom is 0.160 e. The Kier molecular flexibility index (Phi) is 4.35. The molecule has 140 valence electrons. The molecule has 27 heavy (non-hydrogen) atoms. The minimum Gasteiger partial charge on any atom is -0.371 e. The van der Waals surface area contributed by atoms with E-state index in [0.29, 0.717) is 5.25 Å². The molecule has 0 N–H and O–H groups in total. The number of hydrogen-bond acceptors (Lipinski definition) is 5. The van der Waals surface area contributed by atoms with Gasteiger partial charge in [-0.05, 0) is 49.1 Å². The minimum absolute atomic E-state index is 0.0817. The fourth-order valence-corrected chi connectivity index (χ4v) is 5.75.